The van der Waals surface area contributed by atoms with Crippen LogP contribution in [0.2, 0.25) is 0 Å². The van der Waals surface area contributed by atoms with Crippen molar-refractivity contribution in [2.45, 2.75) is 17.5 Å². The maximum atomic E-state index is 14.6. The summed E-state index contributed by atoms with van der Waals surface area (Å²) in [4.78, 5) is 45.6. The van der Waals surface area contributed by atoms with Gasteiger partial charge in [0, 0.05) is 50.4 Å². The lowest BCUT2D eigenvalue weighted by Gasteiger charge is -2.42. The maximum absolute atomic E-state index is 14.6. The van der Waals surface area contributed by atoms with Gasteiger partial charge in [0.2, 0.25) is 0 Å². The third-order valence-electron chi connectivity index (χ3n) is 8.04. The number of rotatable bonds is 1. The Bertz CT molecular complexity index is 1400. The Hall–Kier alpha value is -2.74. The molecule has 2 spiro atoms. The van der Waals surface area contributed by atoms with Gasteiger partial charge in [-0.1, -0.05) is 76.6 Å². The van der Waals surface area contributed by atoms with Gasteiger partial charge in [0.05, 0.1) is 0 Å². The smallest absolute Gasteiger partial charge is 0.251 e. The summed E-state index contributed by atoms with van der Waals surface area (Å²) in [6.07, 6.45) is 0. The minimum Gasteiger partial charge on any atom is -0.324 e. The summed E-state index contributed by atoms with van der Waals surface area (Å²) in [6, 6.07) is 22.2. The molecule has 1 amide bonds. The van der Waals surface area contributed by atoms with Crippen LogP contribution in [0.4, 0.5) is 5.69 Å². The SMILES string of the molecule is O=C1c2ccccc2C(=O)C12[C@@H](c1ccccc1Br)[C@@H]1CSCN1[C@@]21C(=O)Nc2ccccc21. The van der Waals surface area contributed by atoms with E-state index in [4.69, 9.17) is 0 Å². The van der Waals surface area contributed by atoms with E-state index < -0.39 is 16.9 Å². The van der Waals surface area contributed by atoms with Crippen LogP contribution in [0.15, 0.2) is 77.3 Å². The predicted molar refractivity (Wildman–Crippen MR) is 134 cm³/mol. The molecule has 1 aliphatic carbocycles. The second kappa shape index (κ2) is 6.90. The summed E-state index contributed by atoms with van der Waals surface area (Å²) in [5.74, 6) is 0.0429. The number of thioether (sulfide) groups is 1. The quantitative estimate of drug-likeness (QED) is 0.456. The molecule has 3 heterocycles. The van der Waals surface area contributed by atoms with Crippen LogP contribution >= 0.6 is 27.7 Å². The highest BCUT2D eigenvalue weighted by Gasteiger charge is 2.82. The Balaban J connectivity index is 1.64. The number of amides is 1. The van der Waals surface area contributed by atoms with Crippen LogP contribution in [-0.4, -0.2) is 40.0 Å². The highest BCUT2D eigenvalue weighted by Crippen LogP contribution is 2.70. The summed E-state index contributed by atoms with van der Waals surface area (Å²) in [6.45, 7) is 0. The van der Waals surface area contributed by atoms with Gasteiger partial charge < -0.3 is 5.32 Å². The Morgan fingerprint density at radius 3 is 2.26 bits per heavy atom. The van der Waals surface area contributed by atoms with E-state index in [2.05, 4.69) is 26.1 Å². The molecule has 5 nitrogen and oxygen atoms in total. The normalized spacial score (nSPS) is 28.4. The van der Waals surface area contributed by atoms with E-state index in [1.54, 1.807) is 36.0 Å². The van der Waals surface area contributed by atoms with Gasteiger partial charge in [0.25, 0.3) is 5.91 Å². The van der Waals surface area contributed by atoms with Crippen LogP contribution in [0.3, 0.4) is 0 Å². The first-order chi connectivity index (χ1) is 16.5. The number of carbonyl (C=O) groups excluding carboxylic acids is 3. The predicted octanol–water partition coefficient (Wildman–Crippen LogP) is 4.83. The van der Waals surface area contributed by atoms with E-state index in [1.165, 1.54) is 0 Å². The summed E-state index contributed by atoms with van der Waals surface area (Å²) in [5.41, 5.74) is 0.102. The average molecular weight is 531 g/mol. The number of nitrogens with zero attached hydrogens (tertiary/aromatic N) is 1. The Labute approximate surface area is 209 Å². The molecule has 3 aliphatic heterocycles. The summed E-state index contributed by atoms with van der Waals surface area (Å²) >= 11 is 5.45. The fraction of sp³-hybridized carbons (Fsp3) is 0.222. The van der Waals surface area contributed by atoms with Crippen molar-refractivity contribution in [1.82, 2.24) is 4.90 Å². The molecular weight excluding hydrogens is 512 g/mol. The minimum atomic E-state index is -1.59. The standard InChI is InChI=1S/C27H19BrN2O3S/c28-19-11-5-3-9-17(19)22-21-13-34-14-30(21)27(18-10-4-6-12-20(18)29-25(27)33)26(22)23(31)15-7-1-2-8-16(15)24(26)32/h1-12,21-22H,13-14H2,(H,29,33)/t21-,22-,27-/m0/s1. The third kappa shape index (κ3) is 2.11. The van der Waals surface area contributed by atoms with Gasteiger partial charge in [-0.05, 0) is 17.7 Å². The van der Waals surface area contributed by atoms with Gasteiger partial charge in [-0.15, -0.1) is 11.8 Å². The number of Topliss-reactive ketones (excluding diaryl/α,β-unsaturated/α-hetero) is 2. The van der Waals surface area contributed by atoms with Crippen molar-refractivity contribution in [2.75, 3.05) is 16.9 Å². The fourth-order valence-electron chi connectivity index (χ4n) is 6.92. The summed E-state index contributed by atoms with van der Waals surface area (Å²) < 4.78 is 0.844. The average Bonchev–Trinajstić information content (AvgIpc) is 3.55. The van der Waals surface area contributed by atoms with Crippen LogP contribution in [0, 0.1) is 5.41 Å². The highest BCUT2D eigenvalue weighted by atomic mass is 79.9. The van der Waals surface area contributed by atoms with E-state index in [-0.39, 0.29) is 23.5 Å². The number of hydrogen-bond acceptors (Lipinski definition) is 5. The molecule has 0 unspecified atom stereocenters. The zero-order valence-corrected chi connectivity index (χ0v) is 20.4. The number of fused-ring (bicyclic) bond motifs is 6. The number of para-hydroxylation sites is 1. The Morgan fingerprint density at radius 1 is 0.882 bits per heavy atom. The number of anilines is 1. The molecule has 168 valence electrons. The van der Waals surface area contributed by atoms with E-state index in [0.717, 1.165) is 21.4 Å². The number of carbonyl (C=O) groups is 3. The maximum Gasteiger partial charge on any atom is 0.251 e. The Morgan fingerprint density at radius 2 is 1.53 bits per heavy atom. The zero-order chi connectivity index (χ0) is 23.2. The Kier molecular flexibility index (Phi) is 4.19. The second-order valence-corrected chi connectivity index (χ2v) is 11.1. The molecule has 0 radical (unpaired) electrons. The molecule has 0 saturated carbocycles. The number of hydrogen-bond donors (Lipinski definition) is 1. The lowest BCUT2D eigenvalue weighted by molar-refractivity contribution is -0.129. The second-order valence-electron chi connectivity index (χ2n) is 9.26. The largest absolute Gasteiger partial charge is 0.324 e. The van der Waals surface area contributed by atoms with Crippen molar-refractivity contribution < 1.29 is 14.4 Å². The molecular formula is C27H19BrN2O3S. The van der Waals surface area contributed by atoms with E-state index >= 15 is 0 Å². The van der Waals surface area contributed by atoms with Gasteiger partial charge in [0.15, 0.2) is 17.1 Å². The molecule has 3 aromatic carbocycles. The molecule has 34 heavy (non-hydrogen) atoms. The monoisotopic (exact) mass is 530 g/mol. The fourth-order valence-corrected chi connectivity index (χ4v) is 8.76. The third-order valence-corrected chi connectivity index (χ3v) is 9.80. The first kappa shape index (κ1) is 20.6. The van der Waals surface area contributed by atoms with Crippen molar-refractivity contribution in [1.29, 1.82) is 0 Å². The van der Waals surface area contributed by atoms with Crippen molar-refractivity contribution in [3.8, 4) is 0 Å². The van der Waals surface area contributed by atoms with Gasteiger partial charge in [-0.25, -0.2) is 0 Å². The van der Waals surface area contributed by atoms with Crippen LogP contribution < -0.4 is 5.32 Å². The number of benzene rings is 3. The van der Waals surface area contributed by atoms with Crippen molar-refractivity contribution in [3.05, 3.63) is 99.5 Å². The van der Waals surface area contributed by atoms with E-state index in [0.29, 0.717) is 22.7 Å². The lowest BCUT2D eigenvalue weighted by atomic mass is 9.57. The molecule has 0 aromatic heterocycles. The van der Waals surface area contributed by atoms with Crippen molar-refractivity contribution in [2.24, 2.45) is 5.41 Å². The molecule has 2 fully saturated rings. The van der Waals surface area contributed by atoms with Gasteiger partial charge in [-0.2, -0.15) is 0 Å². The first-order valence-corrected chi connectivity index (χ1v) is 13.2. The molecule has 0 bridgehead atoms. The molecule has 7 rings (SSSR count). The molecule has 3 atom stereocenters. The summed E-state index contributed by atoms with van der Waals surface area (Å²) in [7, 11) is 0. The van der Waals surface area contributed by atoms with E-state index in [1.807, 2.05) is 48.5 Å². The number of halogens is 1. The molecule has 4 aliphatic rings. The van der Waals surface area contributed by atoms with Crippen LogP contribution in [0.25, 0.3) is 0 Å². The molecule has 7 heteroatoms. The van der Waals surface area contributed by atoms with Gasteiger partial charge >= 0.3 is 0 Å². The topological polar surface area (TPSA) is 66.5 Å². The van der Waals surface area contributed by atoms with Crippen LogP contribution in [0.5, 0.6) is 0 Å². The summed E-state index contributed by atoms with van der Waals surface area (Å²) in [5, 5.41) is 3.04. The molecule has 3 aromatic rings. The van der Waals surface area contributed by atoms with Crippen molar-refractivity contribution >= 4 is 50.9 Å². The first-order valence-electron chi connectivity index (χ1n) is 11.2. The molecule has 1 N–H and O–H groups in total. The number of nitrogens with one attached hydrogen (secondary N) is 1. The molecule has 2 saturated heterocycles. The number of ketones is 2. The van der Waals surface area contributed by atoms with E-state index in [9.17, 15) is 14.4 Å². The van der Waals surface area contributed by atoms with Gasteiger partial charge in [0.1, 0.15) is 5.41 Å². The zero-order valence-electron chi connectivity index (χ0n) is 18.0. The lowest BCUT2D eigenvalue weighted by Crippen LogP contribution is -2.60. The van der Waals surface area contributed by atoms with Crippen molar-refractivity contribution in [3.63, 3.8) is 0 Å². The van der Waals surface area contributed by atoms with Crippen LogP contribution in [0.1, 0.15) is 37.8 Å². The minimum absolute atomic E-state index is 0.150. The van der Waals surface area contributed by atoms with Gasteiger partial charge in [-0.3, -0.25) is 19.3 Å². The highest BCUT2D eigenvalue weighted by molar-refractivity contribution is 9.10. The van der Waals surface area contributed by atoms with Crippen LogP contribution in [-0.2, 0) is 10.3 Å².